The molecule has 0 fully saturated rings. The van der Waals surface area contributed by atoms with Gasteiger partial charge in [-0.1, -0.05) is 32.0 Å². The van der Waals surface area contributed by atoms with E-state index in [1.54, 1.807) is 5.56 Å². The molecule has 3 atom stereocenters. The van der Waals surface area contributed by atoms with Crippen molar-refractivity contribution in [1.82, 2.24) is 5.32 Å². The summed E-state index contributed by atoms with van der Waals surface area (Å²) in [5.74, 6) is 0.811. The summed E-state index contributed by atoms with van der Waals surface area (Å²) in [5.41, 5.74) is 1.56. The number of nitrogens with one attached hydrogen (secondary N) is 1. The highest BCUT2D eigenvalue weighted by Gasteiger charge is 2.23. The zero-order valence-electron chi connectivity index (χ0n) is 12.5. The maximum absolute atomic E-state index is 3.60. The normalized spacial score (nSPS) is 21.1. The molecule has 1 heterocycles. The Morgan fingerprint density at radius 3 is 2.84 bits per heavy atom. The predicted molar refractivity (Wildman–Crippen MR) is 85.9 cm³/mol. The van der Waals surface area contributed by atoms with Crippen molar-refractivity contribution in [2.75, 3.05) is 6.54 Å². The van der Waals surface area contributed by atoms with Gasteiger partial charge in [-0.15, -0.1) is 11.8 Å². The van der Waals surface area contributed by atoms with Crippen molar-refractivity contribution in [2.24, 2.45) is 5.92 Å². The molecule has 0 bridgehead atoms. The topological polar surface area (TPSA) is 12.0 Å². The Hall–Kier alpha value is -0.470. The van der Waals surface area contributed by atoms with Crippen molar-refractivity contribution in [3.63, 3.8) is 0 Å². The van der Waals surface area contributed by atoms with Crippen LogP contribution in [0.1, 0.15) is 45.6 Å². The Morgan fingerprint density at radius 1 is 1.32 bits per heavy atom. The minimum absolute atomic E-state index is 0.656. The zero-order chi connectivity index (χ0) is 13.7. The quantitative estimate of drug-likeness (QED) is 0.787. The fourth-order valence-corrected chi connectivity index (χ4v) is 4.51. The number of benzene rings is 1. The van der Waals surface area contributed by atoms with Crippen LogP contribution in [0.25, 0.3) is 0 Å². The molecule has 0 aromatic heterocycles. The second kappa shape index (κ2) is 7.35. The van der Waals surface area contributed by atoms with Gasteiger partial charge in [0.2, 0.25) is 0 Å². The summed E-state index contributed by atoms with van der Waals surface area (Å²) in [5, 5.41) is 4.40. The maximum atomic E-state index is 3.60. The van der Waals surface area contributed by atoms with Crippen molar-refractivity contribution < 1.29 is 0 Å². The lowest BCUT2D eigenvalue weighted by Crippen LogP contribution is -2.29. The molecule has 0 saturated heterocycles. The Kier molecular flexibility index (Phi) is 5.77. The van der Waals surface area contributed by atoms with Gasteiger partial charge in [-0.05, 0) is 56.7 Å². The van der Waals surface area contributed by atoms with Crippen LogP contribution >= 0.6 is 11.8 Å². The Bertz CT molecular complexity index is 366. The second-order valence-electron chi connectivity index (χ2n) is 5.98. The molecule has 0 saturated carbocycles. The highest BCUT2D eigenvalue weighted by Crippen LogP contribution is 2.39. The highest BCUT2D eigenvalue weighted by atomic mass is 32.2. The number of hydrogen-bond acceptors (Lipinski definition) is 2. The van der Waals surface area contributed by atoms with Gasteiger partial charge in [0.25, 0.3) is 0 Å². The molecular weight excluding hydrogens is 250 g/mol. The van der Waals surface area contributed by atoms with Crippen LogP contribution in [0, 0.1) is 5.92 Å². The predicted octanol–water partition coefficient (Wildman–Crippen LogP) is 4.51. The van der Waals surface area contributed by atoms with Crippen molar-refractivity contribution in [2.45, 2.75) is 62.6 Å². The molecule has 0 aliphatic carbocycles. The van der Waals surface area contributed by atoms with E-state index in [4.69, 9.17) is 0 Å². The molecule has 1 aromatic carbocycles. The third-order valence-corrected chi connectivity index (χ3v) is 5.22. The number of fused-ring (bicyclic) bond motifs is 1. The fourth-order valence-electron chi connectivity index (χ4n) is 3.01. The van der Waals surface area contributed by atoms with E-state index in [9.17, 15) is 0 Å². The average Bonchev–Trinajstić information content (AvgIpc) is 2.78. The van der Waals surface area contributed by atoms with E-state index in [1.165, 1.54) is 30.6 Å². The zero-order valence-corrected chi connectivity index (χ0v) is 13.3. The minimum atomic E-state index is 0.656. The molecule has 2 heteroatoms. The van der Waals surface area contributed by atoms with Crippen molar-refractivity contribution >= 4 is 11.8 Å². The molecule has 2 rings (SSSR count). The summed E-state index contributed by atoms with van der Waals surface area (Å²) in [6.07, 6.45) is 5.14. The summed E-state index contributed by atoms with van der Waals surface area (Å²) in [7, 11) is 0. The van der Waals surface area contributed by atoms with Crippen molar-refractivity contribution in [3.8, 4) is 0 Å². The first kappa shape index (κ1) is 14.9. The lowest BCUT2D eigenvalue weighted by Gasteiger charge is -2.20. The largest absolute Gasteiger partial charge is 0.314 e. The molecule has 19 heavy (non-hydrogen) atoms. The van der Waals surface area contributed by atoms with Crippen LogP contribution in [0.5, 0.6) is 0 Å². The molecule has 0 amide bonds. The molecule has 3 unspecified atom stereocenters. The SMILES string of the molecule is CCCNC(C)CC(C)CC1Cc2ccccc2S1. The van der Waals surface area contributed by atoms with Gasteiger partial charge in [0.15, 0.2) is 0 Å². The van der Waals surface area contributed by atoms with Crippen LogP contribution in [-0.4, -0.2) is 17.8 Å². The lowest BCUT2D eigenvalue weighted by molar-refractivity contribution is 0.400. The first-order valence-electron chi connectivity index (χ1n) is 7.67. The first-order valence-corrected chi connectivity index (χ1v) is 8.55. The number of rotatable bonds is 7. The molecule has 1 nitrogen and oxygen atoms in total. The average molecular weight is 277 g/mol. The van der Waals surface area contributed by atoms with Crippen LogP contribution < -0.4 is 5.32 Å². The Labute approximate surface area is 122 Å². The molecular formula is C17H27NS. The van der Waals surface area contributed by atoms with Gasteiger partial charge in [0, 0.05) is 16.2 Å². The van der Waals surface area contributed by atoms with E-state index in [-0.39, 0.29) is 0 Å². The van der Waals surface area contributed by atoms with E-state index < -0.39 is 0 Å². The van der Waals surface area contributed by atoms with Gasteiger partial charge in [-0.25, -0.2) is 0 Å². The number of thioether (sulfide) groups is 1. The fraction of sp³-hybridized carbons (Fsp3) is 0.647. The summed E-state index contributed by atoms with van der Waals surface area (Å²) in [6, 6.07) is 9.55. The van der Waals surface area contributed by atoms with Crippen LogP contribution in [0.4, 0.5) is 0 Å². The van der Waals surface area contributed by atoms with E-state index in [0.29, 0.717) is 6.04 Å². The summed E-state index contributed by atoms with van der Waals surface area (Å²) in [4.78, 5) is 1.51. The lowest BCUT2D eigenvalue weighted by atomic mass is 9.95. The standard InChI is InChI=1S/C17H27NS/c1-4-9-18-14(3)10-13(2)11-16-12-15-7-5-6-8-17(15)19-16/h5-8,13-14,16,18H,4,9-12H2,1-3H3. The van der Waals surface area contributed by atoms with Crippen molar-refractivity contribution in [3.05, 3.63) is 29.8 Å². The van der Waals surface area contributed by atoms with Crippen molar-refractivity contribution in [1.29, 1.82) is 0 Å². The monoisotopic (exact) mass is 277 g/mol. The third kappa shape index (κ3) is 4.54. The van der Waals surface area contributed by atoms with Crippen LogP contribution in [0.3, 0.4) is 0 Å². The summed E-state index contributed by atoms with van der Waals surface area (Å²) >= 11 is 2.09. The van der Waals surface area contributed by atoms with Gasteiger partial charge in [0.05, 0.1) is 0 Å². The molecule has 1 N–H and O–H groups in total. The first-order chi connectivity index (χ1) is 9.19. The van der Waals surface area contributed by atoms with Crippen LogP contribution in [0.2, 0.25) is 0 Å². The molecule has 106 valence electrons. The van der Waals surface area contributed by atoms with E-state index in [1.807, 2.05) is 0 Å². The van der Waals surface area contributed by atoms with E-state index in [0.717, 1.165) is 17.7 Å². The maximum Gasteiger partial charge on any atom is 0.0138 e. The van der Waals surface area contributed by atoms with Gasteiger partial charge in [0.1, 0.15) is 0 Å². The Morgan fingerprint density at radius 2 is 2.11 bits per heavy atom. The van der Waals surface area contributed by atoms with Crippen LogP contribution in [0.15, 0.2) is 29.2 Å². The number of hydrogen-bond donors (Lipinski definition) is 1. The summed E-state index contributed by atoms with van der Waals surface area (Å²) in [6.45, 7) is 8.11. The molecule has 0 radical (unpaired) electrons. The third-order valence-electron chi connectivity index (χ3n) is 3.88. The molecule has 1 aliphatic rings. The van der Waals surface area contributed by atoms with Gasteiger partial charge in [-0.2, -0.15) is 0 Å². The van der Waals surface area contributed by atoms with Crippen LogP contribution in [-0.2, 0) is 6.42 Å². The Balaban J connectivity index is 1.74. The highest BCUT2D eigenvalue weighted by molar-refractivity contribution is 8.00. The molecule has 1 aliphatic heterocycles. The smallest absolute Gasteiger partial charge is 0.0138 e. The van der Waals surface area contributed by atoms with Gasteiger partial charge in [-0.3, -0.25) is 0 Å². The van der Waals surface area contributed by atoms with E-state index >= 15 is 0 Å². The molecule has 1 aromatic rings. The van der Waals surface area contributed by atoms with E-state index in [2.05, 4.69) is 62.1 Å². The minimum Gasteiger partial charge on any atom is -0.314 e. The summed E-state index contributed by atoms with van der Waals surface area (Å²) < 4.78 is 0. The van der Waals surface area contributed by atoms with Gasteiger partial charge < -0.3 is 5.32 Å². The second-order valence-corrected chi connectivity index (χ2v) is 7.33. The van der Waals surface area contributed by atoms with Gasteiger partial charge >= 0.3 is 0 Å². The molecule has 0 spiro atoms.